The van der Waals surface area contributed by atoms with Crippen LogP contribution >= 0.6 is 0 Å². The summed E-state index contributed by atoms with van der Waals surface area (Å²) < 4.78 is 18.7. The summed E-state index contributed by atoms with van der Waals surface area (Å²) in [6, 6.07) is 6.94. The largest absolute Gasteiger partial charge is 0.381 e. The average Bonchev–Trinajstić information content (AvgIpc) is 3.08. The van der Waals surface area contributed by atoms with Crippen LogP contribution in [0, 0.1) is 11.7 Å². The summed E-state index contributed by atoms with van der Waals surface area (Å²) in [6.07, 6.45) is 0.846. The zero-order valence-corrected chi connectivity index (χ0v) is 13.0. The van der Waals surface area contributed by atoms with E-state index >= 15 is 0 Å². The van der Waals surface area contributed by atoms with E-state index in [2.05, 4.69) is 11.8 Å². The first-order valence-corrected chi connectivity index (χ1v) is 8.01. The van der Waals surface area contributed by atoms with E-state index in [4.69, 9.17) is 4.74 Å². The molecule has 0 spiro atoms. The van der Waals surface area contributed by atoms with Crippen LogP contribution in [0.2, 0.25) is 0 Å². The molecule has 0 aromatic heterocycles. The van der Waals surface area contributed by atoms with Gasteiger partial charge in [-0.1, -0.05) is 12.1 Å². The van der Waals surface area contributed by atoms with Gasteiger partial charge < -0.3 is 9.64 Å². The molecule has 0 saturated carbocycles. The number of rotatable bonds is 3. The zero-order valence-electron chi connectivity index (χ0n) is 13.0. The molecular formula is C17H23FN2O2. The molecule has 2 atom stereocenters. The first-order chi connectivity index (χ1) is 10.6. The Morgan fingerprint density at radius 1 is 1.32 bits per heavy atom. The predicted octanol–water partition coefficient (Wildman–Crippen LogP) is 2.07. The summed E-state index contributed by atoms with van der Waals surface area (Å²) in [5, 5.41) is 0. The van der Waals surface area contributed by atoms with Crippen molar-refractivity contribution >= 4 is 5.91 Å². The maximum atomic E-state index is 13.4. The van der Waals surface area contributed by atoms with Crippen LogP contribution in [0.5, 0.6) is 0 Å². The highest BCUT2D eigenvalue weighted by molar-refractivity contribution is 5.79. The van der Waals surface area contributed by atoms with Gasteiger partial charge in [-0.2, -0.15) is 0 Å². The number of hydrogen-bond acceptors (Lipinski definition) is 3. The molecule has 120 valence electrons. The summed E-state index contributed by atoms with van der Waals surface area (Å²) >= 11 is 0. The Kier molecular flexibility index (Phi) is 4.74. The van der Waals surface area contributed by atoms with E-state index < -0.39 is 0 Å². The second-order valence-electron chi connectivity index (χ2n) is 6.15. The van der Waals surface area contributed by atoms with Crippen LogP contribution in [0.15, 0.2) is 24.3 Å². The van der Waals surface area contributed by atoms with E-state index in [1.165, 1.54) is 6.07 Å². The van der Waals surface area contributed by atoms with Crippen LogP contribution < -0.4 is 0 Å². The number of piperazine rings is 1. The quantitative estimate of drug-likeness (QED) is 0.857. The first-order valence-electron chi connectivity index (χ1n) is 8.01. The monoisotopic (exact) mass is 306 g/mol. The molecule has 1 aromatic rings. The zero-order chi connectivity index (χ0) is 15.5. The van der Waals surface area contributed by atoms with E-state index in [0.717, 1.165) is 38.2 Å². The van der Waals surface area contributed by atoms with Crippen molar-refractivity contribution < 1.29 is 13.9 Å². The molecule has 22 heavy (non-hydrogen) atoms. The van der Waals surface area contributed by atoms with Crippen LogP contribution in [0.3, 0.4) is 0 Å². The SMILES string of the molecule is C[C@@H](c1cccc(F)c1)N1CCN(C(=O)[C@@H]2CCOC2)CC1. The third-order valence-corrected chi connectivity index (χ3v) is 4.78. The molecule has 0 bridgehead atoms. The molecule has 1 aromatic carbocycles. The van der Waals surface area contributed by atoms with Crippen molar-refractivity contribution in [2.45, 2.75) is 19.4 Å². The van der Waals surface area contributed by atoms with Gasteiger partial charge in [-0.05, 0) is 31.0 Å². The Bertz CT molecular complexity index is 523. The Morgan fingerprint density at radius 2 is 2.09 bits per heavy atom. The van der Waals surface area contributed by atoms with Gasteiger partial charge in [0.1, 0.15) is 5.82 Å². The predicted molar refractivity (Wildman–Crippen MR) is 81.9 cm³/mol. The first kappa shape index (κ1) is 15.4. The number of nitrogens with zero attached hydrogens (tertiary/aromatic N) is 2. The number of ether oxygens (including phenoxy) is 1. The van der Waals surface area contributed by atoms with Crippen LogP contribution in [-0.4, -0.2) is 55.1 Å². The molecule has 2 aliphatic rings. The van der Waals surface area contributed by atoms with E-state index in [0.29, 0.717) is 13.2 Å². The topological polar surface area (TPSA) is 32.8 Å². The van der Waals surface area contributed by atoms with Crippen LogP contribution in [0.4, 0.5) is 4.39 Å². The van der Waals surface area contributed by atoms with Crippen LogP contribution in [-0.2, 0) is 9.53 Å². The highest BCUT2D eigenvalue weighted by Gasteiger charge is 2.31. The normalized spacial score (nSPS) is 24.5. The molecule has 2 saturated heterocycles. The molecule has 0 radical (unpaired) electrons. The van der Waals surface area contributed by atoms with Gasteiger partial charge in [-0.3, -0.25) is 9.69 Å². The Labute approximate surface area is 130 Å². The summed E-state index contributed by atoms with van der Waals surface area (Å²) in [5.41, 5.74) is 0.990. The van der Waals surface area contributed by atoms with Gasteiger partial charge in [0.2, 0.25) is 5.91 Å². The number of amides is 1. The summed E-state index contributed by atoms with van der Waals surface area (Å²) in [7, 11) is 0. The number of benzene rings is 1. The van der Waals surface area contributed by atoms with Crippen molar-refractivity contribution in [1.82, 2.24) is 9.80 Å². The van der Waals surface area contributed by atoms with E-state index in [-0.39, 0.29) is 23.7 Å². The minimum absolute atomic E-state index is 0.0483. The molecule has 2 fully saturated rings. The lowest BCUT2D eigenvalue weighted by Gasteiger charge is -2.39. The molecule has 1 amide bonds. The highest BCUT2D eigenvalue weighted by atomic mass is 19.1. The van der Waals surface area contributed by atoms with Crippen molar-refractivity contribution in [3.05, 3.63) is 35.6 Å². The van der Waals surface area contributed by atoms with E-state index in [1.807, 2.05) is 11.0 Å². The van der Waals surface area contributed by atoms with Crippen molar-refractivity contribution in [1.29, 1.82) is 0 Å². The number of halogens is 1. The Hall–Kier alpha value is -1.46. The van der Waals surface area contributed by atoms with Crippen LogP contribution in [0.25, 0.3) is 0 Å². The van der Waals surface area contributed by atoms with E-state index in [1.54, 1.807) is 12.1 Å². The van der Waals surface area contributed by atoms with Gasteiger partial charge >= 0.3 is 0 Å². The number of carbonyl (C=O) groups excluding carboxylic acids is 1. The molecule has 5 heteroatoms. The molecule has 4 nitrogen and oxygen atoms in total. The lowest BCUT2D eigenvalue weighted by atomic mass is 10.0. The average molecular weight is 306 g/mol. The van der Waals surface area contributed by atoms with Crippen molar-refractivity contribution in [3.8, 4) is 0 Å². The van der Waals surface area contributed by atoms with Gasteiger partial charge in [-0.25, -0.2) is 4.39 Å². The second kappa shape index (κ2) is 6.75. The fourth-order valence-corrected chi connectivity index (χ4v) is 3.29. The third kappa shape index (κ3) is 3.31. The fourth-order valence-electron chi connectivity index (χ4n) is 3.29. The lowest BCUT2D eigenvalue weighted by Crippen LogP contribution is -2.50. The molecule has 0 unspecified atom stereocenters. The fraction of sp³-hybridized carbons (Fsp3) is 0.588. The standard InChI is InChI=1S/C17H23FN2O2/c1-13(14-3-2-4-16(18)11-14)19-6-8-20(9-7-19)17(21)15-5-10-22-12-15/h2-4,11,13,15H,5-10,12H2,1H3/t13-,15+/m0/s1. The lowest BCUT2D eigenvalue weighted by molar-refractivity contribution is -0.137. The molecule has 0 aliphatic carbocycles. The van der Waals surface area contributed by atoms with E-state index in [9.17, 15) is 9.18 Å². The van der Waals surface area contributed by atoms with Crippen molar-refractivity contribution in [2.24, 2.45) is 5.92 Å². The number of carbonyl (C=O) groups is 1. The van der Waals surface area contributed by atoms with Gasteiger partial charge in [0, 0.05) is 38.8 Å². The minimum Gasteiger partial charge on any atom is -0.381 e. The third-order valence-electron chi connectivity index (χ3n) is 4.78. The second-order valence-corrected chi connectivity index (χ2v) is 6.15. The Morgan fingerprint density at radius 3 is 2.73 bits per heavy atom. The summed E-state index contributed by atoms with van der Waals surface area (Å²) in [6.45, 7) is 6.51. The summed E-state index contributed by atoms with van der Waals surface area (Å²) in [4.78, 5) is 16.6. The van der Waals surface area contributed by atoms with Crippen molar-refractivity contribution in [3.63, 3.8) is 0 Å². The van der Waals surface area contributed by atoms with Gasteiger partial charge in [0.15, 0.2) is 0 Å². The smallest absolute Gasteiger partial charge is 0.228 e. The maximum absolute atomic E-state index is 13.4. The van der Waals surface area contributed by atoms with Crippen LogP contribution in [0.1, 0.15) is 24.9 Å². The number of hydrogen-bond donors (Lipinski definition) is 0. The molecule has 0 N–H and O–H groups in total. The van der Waals surface area contributed by atoms with Gasteiger partial charge in [-0.15, -0.1) is 0 Å². The van der Waals surface area contributed by atoms with Gasteiger partial charge in [0.25, 0.3) is 0 Å². The molecule has 3 rings (SSSR count). The Balaban J connectivity index is 1.56. The highest BCUT2D eigenvalue weighted by Crippen LogP contribution is 2.23. The molecule has 2 heterocycles. The molecule has 2 aliphatic heterocycles. The minimum atomic E-state index is -0.195. The molecular weight excluding hydrogens is 283 g/mol. The summed E-state index contributed by atoms with van der Waals surface area (Å²) in [5.74, 6) is 0.0853. The van der Waals surface area contributed by atoms with Gasteiger partial charge in [0.05, 0.1) is 12.5 Å². The maximum Gasteiger partial charge on any atom is 0.228 e. The van der Waals surface area contributed by atoms with Crippen molar-refractivity contribution in [2.75, 3.05) is 39.4 Å².